The molecular weight excluding hydrogens is 242 g/mol. The van der Waals surface area contributed by atoms with Gasteiger partial charge in [0, 0.05) is 16.8 Å². The van der Waals surface area contributed by atoms with Crippen LogP contribution in [0.2, 0.25) is 0 Å². The molecule has 0 aliphatic rings. The standard InChI is InChI=1S/C11H15NO4S/c1-7-8(2)17-6-9(7)11(15)12-3-4-16-5-10(13)14/h6H,3-5H2,1-2H3,(H,12,15)(H,13,14). The number of hydrogen-bond donors (Lipinski definition) is 2. The molecule has 94 valence electrons. The highest BCUT2D eigenvalue weighted by Gasteiger charge is 2.11. The van der Waals surface area contributed by atoms with Gasteiger partial charge >= 0.3 is 5.97 Å². The number of hydrogen-bond acceptors (Lipinski definition) is 4. The molecule has 1 aromatic heterocycles. The van der Waals surface area contributed by atoms with Gasteiger partial charge in [-0.25, -0.2) is 4.79 Å². The summed E-state index contributed by atoms with van der Waals surface area (Å²) in [6.07, 6.45) is 0. The average molecular weight is 257 g/mol. The summed E-state index contributed by atoms with van der Waals surface area (Å²) in [4.78, 5) is 23.0. The molecular formula is C11H15NO4S. The van der Waals surface area contributed by atoms with Gasteiger partial charge in [0.2, 0.25) is 0 Å². The van der Waals surface area contributed by atoms with Gasteiger partial charge in [0.05, 0.1) is 12.2 Å². The first-order valence-corrected chi connectivity index (χ1v) is 6.02. The van der Waals surface area contributed by atoms with Gasteiger partial charge in [0.15, 0.2) is 0 Å². The van der Waals surface area contributed by atoms with E-state index in [4.69, 9.17) is 9.84 Å². The molecule has 5 nitrogen and oxygen atoms in total. The first kappa shape index (κ1) is 13.7. The maximum absolute atomic E-state index is 11.7. The Bertz CT molecular complexity index is 414. The van der Waals surface area contributed by atoms with Crippen molar-refractivity contribution in [2.45, 2.75) is 13.8 Å². The molecule has 1 heterocycles. The van der Waals surface area contributed by atoms with Crippen LogP contribution in [0.25, 0.3) is 0 Å². The summed E-state index contributed by atoms with van der Waals surface area (Å²) in [5, 5.41) is 12.8. The van der Waals surface area contributed by atoms with Crippen molar-refractivity contribution in [2.75, 3.05) is 19.8 Å². The van der Waals surface area contributed by atoms with Crippen LogP contribution in [0.15, 0.2) is 5.38 Å². The Morgan fingerprint density at radius 2 is 2.18 bits per heavy atom. The van der Waals surface area contributed by atoms with Crippen molar-refractivity contribution in [1.82, 2.24) is 5.32 Å². The zero-order valence-corrected chi connectivity index (χ0v) is 10.6. The van der Waals surface area contributed by atoms with Gasteiger partial charge in [0.1, 0.15) is 6.61 Å². The molecule has 1 aromatic rings. The highest BCUT2D eigenvalue weighted by molar-refractivity contribution is 7.10. The van der Waals surface area contributed by atoms with Gasteiger partial charge in [-0.2, -0.15) is 0 Å². The largest absolute Gasteiger partial charge is 0.480 e. The highest BCUT2D eigenvalue weighted by atomic mass is 32.1. The first-order chi connectivity index (χ1) is 8.02. The Morgan fingerprint density at radius 1 is 1.47 bits per heavy atom. The quantitative estimate of drug-likeness (QED) is 0.751. The molecule has 2 N–H and O–H groups in total. The van der Waals surface area contributed by atoms with E-state index in [9.17, 15) is 9.59 Å². The number of rotatable bonds is 6. The van der Waals surface area contributed by atoms with Crippen LogP contribution in [0.3, 0.4) is 0 Å². The number of amides is 1. The van der Waals surface area contributed by atoms with E-state index in [2.05, 4.69) is 5.32 Å². The predicted molar refractivity (Wildman–Crippen MR) is 64.6 cm³/mol. The summed E-state index contributed by atoms with van der Waals surface area (Å²) in [5.41, 5.74) is 1.66. The monoisotopic (exact) mass is 257 g/mol. The summed E-state index contributed by atoms with van der Waals surface area (Å²) in [7, 11) is 0. The Hall–Kier alpha value is -1.40. The fraction of sp³-hybridized carbons (Fsp3) is 0.455. The van der Waals surface area contributed by atoms with Crippen molar-refractivity contribution in [3.05, 3.63) is 21.4 Å². The molecule has 0 aliphatic carbocycles. The Labute approximate surface area is 103 Å². The van der Waals surface area contributed by atoms with E-state index >= 15 is 0 Å². The second-order valence-electron chi connectivity index (χ2n) is 3.53. The van der Waals surface area contributed by atoms with Crippen LogP contribution >= 0.6 is 11.3 Å². The van der Waals surface area contributed by atoms with Gasteiger partial charge in [0.25, 0.3) is 5.91 Å². The topological polar surface area (TPSA) is 75.6 Å². The molecule has 1 amide bonds. The minimum atomic E-state index is -1.01. The van der Waals surface area contributed by atoms with Crippen LogP contribution in [0, 0.1) is 13.8 Å². The third-order valence-corrected chi connectivity index (χ3v) is 3.30. The number of carboxylic acid groups (broad SMARTS) is 1. The SMILES string of the molecule is Cc1scc(C(=O)NCCOCC(=O)O)c1C. The maximum Gasteiger partial charge on any atom is 0.329 e. The van der Waals surface area contributed by atoms with Crippen LogP contribution in [0.5, 0.6) is 0 Å². The summed E-state index contributed by atoms with van der Waals surface area (Å²) in [5.74, 6) is -1.16. The van der Waals surface area contributed by atoms with Crippen molar-refractivity contribution in [1.29, 1.82) is 0 Å². The van der Waals surface area contributed by atoms with Gasteiger partial charge in [-0.15, -0.1) is 11.3 Å². The Morgan fingerprint density at radius 3 is 2.71 bits per heavy atom. The smallest absolute Gasteiger partial charge is 0.329 e. The van der Waals surface area contributed by atoms with E-state index in [-0.39, 0.29) is 19.1 Å². The van der Waals surface area contributed by atoms with Crippen LogP contribution in [0.4, 0.5) is 0 Å². The first-order valence-electron chi connectivity index (χ1n) is 5.14. The molecule has 0 bridgehead atoms. The normalized spacial score (nSPS) is 10.2. The van der Waals surface area contributed by atoms with Gasteiger partial charge in [-0.1, -0.05) is 0 Å². The number of aryl methyl sites for hydroxylation is 1. The summed E-state index contributed by atoms with van der Waals surface area (Å²) >= 11 is 1.54. The number of carboxylic acids is 1. The summed E-state index contributed by atoms with van der Waals surface area (Å²) in [6.45, 7) is 4.03. The van der Waals surface area contributed by atoms with Crippen molar-refractivity contribution < 1.29 is 19.4 Å². The lowest BCUT2D eigenvalue weighted by Crippen LogP contribution is -2.28. The number of nitrogens with one attached hydrogen (secondary N) is 1. The zero-order valence-electron chi connectivity index (χ0n) is 9.78. The molecule has 0 unspecified atom stereocenters. The molecule has 0 aromatic carbocycles. The van der Waals surface area contributed by atoms with E-state index in [0.717, 1.165) is 10.4 Å². The molecule has 17 heavy (non-hydrogen) atoms. The highest BCUT2D eigenvalue weighted by Crippen LogP contribution is 2.20. The minimum Gasteiger partial charge on any atom is -0.480 e. The molecule has 0 radical (unpaired) electrons. The lowest BCUT2D eigenvalue weighted by molar-refractivity contribution is -0.142. The minimum absolute atomic E-state index is 0.147. The molecule has 0 spiro atoms. The van der Waals surface area contributed by atoms with Crippen LogP contribution in [0.1, 0.15) is 20.8 Å². The lowest BCUT2D eigenvalue weighted by Gasteiger charge is -2.05. The molecule has 0 saturated heterocycles. The molecule has 0 fully saturated rings. The molecule has 0 saturated carbocycles. The Kier molecular flexibility index (Phi) is 5.11. The fourth-order valence-electron chi connectivity index (χ4n) is 1.23. The zero-order chi connectivity index (χ0) is 12.8. The van der Waals surface area contributed by atoms with Crippen molar-refractivity contribution in [2.24, 2.45) is 0 Å². The molecule has 0 aliphatic heterocycles. The Balaban J connectivity index is 2.31. The number of thiophene rings is 1. The van der Waals surface area contributed by atoms with Gasteiger partial charge in [-0.05, 0) is 19.4 Å². The lowest BCUT2D eigenvalue weighted by atomic mass is 10.2. The van der Waals surface area contributed by atoms with E-state index in [1.54, 1.807) is 0 Å². The number of aliphatic carboxylic acids is 1. The van der Waals surface area contributed by atoms with Crippen molar-refractivity contribution in [3.8, 4) is 0 Å². The third-order valence-electron chi connectivity index (χ3n) is 2.29. The number of ether oxygens (including phenoxy) is 1. The average Bonchev–Trinajstić information content (AvgIpc) is 2.59. The van der Waals surface area contributed by atoms with Crippen LogP contribution < -0.4 is 5.32 Å². The van der Waals surface area contributed by atoms with E-state index < -0.39 is 5.97 Å². The second-order valence-corrected chi connectivity index (χ2v) is 4.62. The van der Waals surface area contributed by atoms with Crippen LogP contribution in [-0.4, -0.2) is 36.7 Å². The number of carbonyl (C=O) groups excluding carboxylic acids is 1. The van der Waals surface area contributed by atoms with Crippen LogP contribution in [-0.2, 0) is 9.53 Å². The second kappa shape index (κ2) is 6.36. The predicted octanol–water partition coefficient (Wildman–Crippen LogP) is 1.20. The molecule has 0 atom stereocenters. The fourth-order valence-corrected chi connectivity index (χ4v) is 2.09. The van der Waals surface area contributed by atoms with E-state index in [0.29, 0.717) is 12.1 Å². The maximum atomic E-state index is 11.7. The van der Waals surface area contributed by atoms with Crippen molar-refractivity contribution in [3.63, 3.8) is 0 Å². The summed E-state index contributed by atoms with van der Waals surface area (Å²) < 4.78 is 4.81. The van der Waals surface area contributed by atoms with Gasteiger partial charge in [-0.3, -0.25) is 4.79 Å². The van der Waals surface area contributed by atoms with Crippen molar-refractivity contribution >= 4 is 23.2 Å². The van der Waals surface area contributed by atoms with E-state index in [1.807, 2.05) is 19.2 Å². The third kappa shape index (κ3) is 4.16. The van der Waals surface area contributed by atoms with Gasteiger partial charge < -0.3 is 15.2 Å². The summed E-state index contributed by atoms with van der Waals surface area (Å²) in [6, 6.07) is 0. The molecule has 6 heteroatoms. The molecule has 1 rings (SSSR count). The van der Waals surface area contributed by atoms with E-state index in [1.165, 1.54) is 11.3 Å². The number of carbonyl (C=O) groups is 2.